The SMILES string of the molecule is C=C(CN1CCN(CCCCCOC)CC1)N(C)C. The van der Waals surface area contributed by atoms with Crippen LogP contribution < -0.4 is 0 Å². The van der Waals surface area contributed by atoms with Crippen molar-refractivity contribution in [3.05, 3.63) is 12.3 Å². The van der Waals surface area contributed by atoms with Crippen LogP contribution in [0.25, 0.3) is 0 Å². The van der Waals surface area contributed by atoms with Crippen LogP contribution in [0, 0.1) is 0 Å². The van der Waals surface area contributed by atoms with E-state index < -0.39 is 0 Å². The van der Waals surface area contributed by atoms with Crippen molar-refractivity contribution in [3.8, 4) is 0 Å². The van der Waals surface area contributed by atoms with Crippen LogP contribution in [-0.4, -0.2) is 81.8 Å². The highest BCUT2D eigenvalue weighted by atomic mass is 16.5. The van der Waals surface area contributed by atoms with E-state index in [4.69, 9.17) is 4.74 Å². The number of ether oxygens (including phenoxy) is 1. The van der Waals surface area contributed by atoms with Crippen LogP contribution in [0.1, 0.15) is 19.3 Å². The second-order valence-corrected chi connectivity index (χ2v) is 5.63. The minimum atomic E-state index is 0.903. The first-order valence-electron chi connectivity index (χ1n) is 7.42. The van der Waals surface area contributed by atoms with E-state index in [0.29, 0.717) is 0 Å². The molecule has 112 valence electrons. The molecule has 0 unspecified atom stereocenters. The molecule has 0 saturated carbocycles. The molecule has 0 radical (unpaired) electrons. The molecular formula is C15H31N3O. The van der Waals surface area contributed by atoms with Crippen LogP contribution >= 0.6 is 0 Å². The third-order valence-electron chi connectivity index (χ3n) is 3.83. The van der Waals surface area contributed by atoms with Crippen molar-refractivity contribution in [1.82, 2.24) is 14.7 Å². The van der Waals surface area contributed by atoms with Gasteiger partial charge in [0, 0.05) is 66.2 Å². The number of piperazine rings is 1. The van der Waals surface area contributed by atoms with Gasteiger partial charge in [0.2, 0.25) is 0 Å². The first-order valence-corrected chi connectivity index (χ1v) is 7.42. The average molecular weight is 269 g/mol. The fourth-order valence-electron chi connectivity index (χ4n) is 2.33. The molecule has 1 saturated heterocycles. The highest BCUT2D eigenvalue weighted by Gasteiger charge is 2.16. The fourth-order valence-corrected chi connectivity index (χ4v) is 2.33. The molecule has 0 atom stereocenters. The summed E-state index contributed by atoms with van der Waals surface area (Å²) in [6.07, 6.45) is 3.78. The van der Waals surface area contributed by atoms with Gasteiger partial charge in [-0.05, 0) is 25.8 Å². The number of rotatable bonds is 9. The number of methoxy groups -OCH3 is 1. The summed E-state index contributed by atoms with van der Waals surface area (Å²) < 4.78 is 5.07. The Hall–Kier alpha value is -0.580. The Kier molecular flexibility index (Phi) is 8.10. The maximum atomic E-state index is 5.07. The first-order chi connectivity index (χ1) is 9.13. The average Bonchev–Trinajstić information content (AvgIpc) is 2.40. The lowest BCUT2D eigenvalue weighted by atomic mass is 10.2. The maximum Gasteiger partial charge on any atom is 0.0462 e. The molecule has 4 nitrogen and oxygen atoms in total. The molecule has 1 fully saturated rings. The molecule has 0 aliphatic carbocycles. The fraction of sp³-hybridized carbons (Fsp3) is 0.867. The zero-order chi connectivity index (χ0) is 14.1. The van der Waals surface area contributed by atoms with Crippen molar-refractivity contribution in [1.29, 1.82) is 0 Å². The van der Waals surface area contributed by atoms with Gasteiger partial charge in [0.15, 0.2) is 0 Å². The zero-order valence-electron chi connectivity index (χ0n) is 13.0. The van der Waals surface area contributed by atoms with E-state index >= 15 is 0 Å². The van der Waals surface area contributed by atoms with Gasteiger partial charge in [-0.15, -0.1) is 0 Å². The van der Waals surface area contributed by atoms with Crippen LogP contribution in [0.5, 0.6) is 0 Å². The summed E-state index contributed by atoms with van der Waals surface area (Å²) in [5, 5.41) is 0. The normalized spacial score (nSPS) is 17.6. The van der Waals surface area contributed by atoms with E-state index in [1.54, 1.807) is 7.11 Å². The van der Waals surface area contributed by atoms with E-state index in [-0.39, 0.29) is 0 Å². The van der Waals surface area contributed by atoms with Crippen molar-refractivity contribution >= 4 is 0 Å². The quantitative estimate of drug-likeness (QED) is 0.590. The van der Waals surface area contributed by atoms with Crippen molar-refractivity contribution in [3.63, 3.8) is 0 Å². The van der Waals surface area contributed by atoms with Crippen molar-refractivity contribution in [2.45, 2.75) is 19.3 Å². The molecule has 0 amide bonds. The van der Waals surface area contributed by atoms with Crippen LogP contribution in [0.3, 0.4) is 0 Å². The van der Waals surface area contributed by atoms with Gasteiger partial charge in [-0.2, -0.15) is 0 Å². The number of hydrogen-bond donors (Lipinski definition) is 0. The maximum absolute atomic E-state index is 5.07. The number of unbranched alkanes of at least 4 members (excludes halogenated alkanes) is 2. The molecule has 0 aromatic rings. The molecule has 1 aliphatic heterocycles. The minimum Gasteiger partial charge on any atom is -0.385 e. The standard InChI is InChI=1S/C15H31N3O/c1-15(16(2)3)14-18-11-9-17(10-12-18)8-6-5-7-13-19-4/h1,5-14H2,2-4H3. The van der Waals surface area contributed by atoms with Gasteiger partial charge in [0.1, 0.15) is 0 Å². The molecular weight excluding hydrogens is 238 g/mol. The Morgan fingerprint density at radius 2 is 1.68 bits per heavy atom. The predicted molar refractivity (Wildman–Crippen MR) is 81.4 cm³/mol. The topological polar surface area (TPSA) is 19.0 Å². The lowest BCUT2D eigenvalue weighted by Crippen LogP contribution is -2.47. The van der Waals surface area contributed by atoms with E-state index in [2.05, 4.69) is 35.4 Å². The molecule has 4 heteroatoms. The highest BCUT2D eigenvalue weighted by Crippen LogP contribution is 2.07. The molecule has 19 heavy (non-hydrogen) atoms. The second-order valence-electron chi connectivity index (χ2n) is 5.63. The number of likely N-dealkylation sites (N-methyl/N-ethyl adjacent to an activating group) is 1. The van der Waals surface area contributed by atoms with Crippen LogP contribution in [-0.2, 0) is 4.74 Å². The molecule has 0 aromatic heterocycles. The van der Waals surface area contributed by atoms with Crippen LogP contribution in [0.2, 0.25) is 0 Å². The highest BCUT2D eigenvalue weighted by molar-refractivity contribution is 4.95. The van der Waals surface area contributed by atoms with Gasteiger partial charge in [0.05, 0.1) is 0 Å². The number of hydrogen-bond acceptors (Lipinski definition) is 4. The predicted octanol–water partition coefficient (Wildman–Crippen LogP) is 1.50. The Labute approximate surface area is 119 Å². The molecule has 0 spiro atoms. The summed E-state index contributed by atoms with van der Waals surface area (Å²) in [5.74, 6) is 0. The Morgan fingerprint density at radius 1 is 1.05 bits per heavy atom. The van der Waals surface area contributed by atoms with Crippen LogP contribution in [0.15, 0.2) is 12.3 Å². The molecule has 0 N–H and O–H groups in total. The van der Waals surface area contributed by atoms with Gasteiger partial charge < -0.3 is 14.5 Å². The van der Waals surface area contributed by atoms with Gasteiger partial charge >= 0.3 is 0 Å². The monoisotopic (exact) mass is 269 g/mol. The van der Waals surface area contributed by atoms with E-state index in [0.717, 1.165) is 13.2 Å². The zero-order valence-corrected chi connectivity index (χ0v) is 13.0. The van der Waals surface area contributed by atoms with E-state index in [9.17, 15) is 0 Å². The first kappa shape index (κ1) is 16.5. The molecule has 0 aromatic carbocycles. The lowest BCUT2D eigenvalue weighted by molar-refractivity contribution is 0.132. The Balaban J connectivity index is 2.07. The third-order valence-corrected chi connectivity index (χ3v) is 3.83. The van der Waals surface area contributed by atoms with Gasteiger partial charge in [-0.25, -0.2) is 0 Å². The van der Waals surface area contributed by atoms with Gasteiger partial charge in [0.25, 0.3) is 0 Å². The molecule has 1 rings (SSSR count). The molecule has 0 bridgehead atoms. The third kappa shape index (κ3) is 6.95. The van der Waals surface area contributed by atoms with E-state index in [1.165, 1.54) is 57.7 Å². The van der Waals surface area contributed by atoms with Crippen molar-refractivity contribution in [2.75, 3.05) is 67.1 Å². The summed E-state index contributed by atoms with van der Waals surface area (Å²) in [6.45, 7) is 12.0. The van der Waals surface area contributed by atoms with Crippen molar-refractivity contribution < 1.29 is 4.74 Å². The summed E-state index contributed by atoms with van der Waals surface area (Å²) in [5.41, 5.74) is 1.20. The molecule has 1 heterocycles. The molecule has 1 aliphatic rings. The van der Waals surface area contributed by atoms with Crippen molar-refractivity contribution in [2.24, 2.45) is 0 Å². The lowest BCUT2D eigenvalue weighted by Gasteiger charge is -2.35. The van der Waals surface area contributed by atoms with Gasteiger partial charge in [-0.1, -0.05) is 6.58 Å². The Morgan fingerprint density at radius 3 is 2.26 bits per heavy atom. The summed E-state index contributed by atoms with van der Waals surface area (Å²) in [7, 11) is 5.91. The van der Waals surface area contributed by atoms with Gasteiger partial charge in [-0.3, -0.25) is 4.90 Å². The summed E-state index contributed by atoms with van der Waals surface area (Å²) in [6, 6.07) is 0. The minimum absolute atomic E-state index is 0.903. The largest absolute Gasteiger partial charge is 0.385 e. The Bertz CT molecular complexity index is 248. The summed E-state index contributed by atoms with van der Waals surface area (Å²) >= 11 is 0. The van der Waals surface area contributed by atoms with Crippen LogP contribution in [0.4, 0.5) is 0 Å². The smallest absolute Gasteiger partial charge is 0.0462 e. The second kappa shape index (κ2) is 9.34. The van der Waals surface area contributed by atoms with E-state index in [1.807, 2.05) is 0 Å². The number of nitrogens with zero attached hydrogens (tertiary/aromatic N) is 3. The summed E-state index contributed by atoms with van der Waals surface area (Å²) in [4.78, 5) is 7.20.